The first kappa shape index (κ1) is 11.4. The summed E-state index contributed by atoms with van der Waals surface area (Å²) < 4.78 is 0. The molecule has 2 nitrogen and oxygen atoms in total. The van der Waals surface area contributed by atoms with Gasteiger partial charge in [0.2, 0.25) is 0 Å². The van der Waals surface area contributed by atoms with Crippen molar-refractivity contribution in [2.75, 3.05) is 6.61 Å². The van der Waals surface area contributed by atoms with Crippen LogP contribution in [0, 0.1) is 16.7 Å². The number of hydrogen-bond donors (Lipinski definition) is 2. The van der Waals surface area contributed by atoms with Gasteiger partial charge < -0.3 is 10.4 Å². The number of nitrogens with one attached hydrogen (secondary N) is 1. The average Bonchev–Trinajstić information content (AvgIpc) is 2.50. The smallest absolute Gasteiger partial charge is 0.0582 e. The molecule has 0 spiro atoms. The largest absolute Gasteiger partial charge is 0.395 e. The molecule has 2 bridgehead atoms. The van der Waals surface area contributed by atoms with E-state index in [1.807, 2.05) is 0 Å². The summed E-state index contributed by atoms with van der Waals surface area (Å²) in [6.07, 6.45) is 4.05. The Labute approximate surface area is 93.5 Å². The maximum Gasteiger partial charge on any atom is 0.0582 e. The van der Waals surface area contributed by atoms with Gasteiger partial charge in [0.1, 0.15) is 0 Å². The predicted octanol–water partition coefficient (Wildman–Crippen LogP) is 2.17. The molecule has 88 valence electrons. The summed E-state index contributed by atoms with van der Waals surface area (Å²) in [6.45, 7) is 9.60. The van der Waals surface area contributed by atoms with Gasteiger partial charge in [-0.25, -0.2) is 0 Å². The lowest BCUT2D eigenvalue weighted by Gasteiger charge is -2.40. The summed E-state index contributed by atoms with van der Waals surface area (Å²) in [5.41, 5.74) is 0.904. The van der Waals surface area contributed by atoms with Crippen LogP contribution >= 0.6 is 0 Å². The molecule has 0 radical (unpaired) electrons. The Morgan fingerprint density at radius 2 is 2.07 bits per heavy atom. The second-order valence-corrected chi connectivity index (χ2v) is 6.41. The topological polar surface area (TPSA) is 32.3 Å². The van der Waals surface area contributed by atoms with E-state index in [0.717, 1.165) is 5.92 Å². The summed E-state index contributed by atoms with van der Waals surface area (Å²) in [7, 11) is 0. The van der Waals surface area contributed by atoms with Gasteiger partial charge in [0.05, 0.1) is 6.61 Å². The number of hydrogen-bond acceptors (Lipinski definition) is 2. The summed E-state index contributed by atoms with van der Waals surface area (Å²) in [6, 6.07) is 0.843. The lowest BCUT2D eigenvalue weighted by molar-refractivity contribution is 0.109. The lowest BCUT2D eigenvalue weighted by atomic mass is 9.69. The summed E-state index contributed by atoms with van der Waals surface area (Å²) in [4.78, 5) is 0. The van der Waals surface area contributed by atoms with Crippen molar-refractivity contribution in [3.8, 4) is 0 Å². The third-order valence-corrected chi connectivity index (χ3v) is 5.55. The molecular formula is C13H25NO. The van der Waals surface area contributed by atoms with Crippen LogP contribution < -0.4 is 5.32 Å². The van der Waals surface area contributed by atoms with E-state index in [1.54, 1.807) is 0 Å². The summed E-state index contributed by atoms with van der Waals surface area (Å²) in [5, 5.41) is 12.7. The standard InChI is InChI=1S/C13H25NO/c1-9(8-15)14-11-7-10-5-6-13(11,4)12(10,2)3/h9-11,14-15H,5-8H2,1-4H3/t9-,10+,11+,13+/m1/s1. The minimum Gasteiger partial charge on any atom is -0.395 e. The molecule has 0 saturated heterocycles. The van der Waals surface area contributed by atoms with Crippen LogP contribution in [0.4, 0.5) is 0 Å². The van der Waals surface area contributed by atoms with Crippen LogP contribution in [0.1, 0.15) is 47.0 Å². The fourth-order valence-corrected chi connectivity index (χ4v) is 3.85. The van der Waals surface area contributed by atoms with Crippen LogP contribution in [-0.2, 0) is 0 Å². The van der Waals surface area contributed by atoms with Gasteiger partial charge in [-0.3, -0.25) is 0 Å². The van der Waals surface area contributed by atoms with Crippen molar-refractivity contribution in [2.24, 2.45) is 16.7 Å². The van der Waals surface area contributed by atoms with Crippen molar-refractivity contribution in [2.45, 2.75) is 59.0 Å². The Morgan fingerprint density at radius 1 is 1.40 bits per heavy atom. The molecule has 0 aromatic heterocycles. The molecule has 2 fully saturated rings. The Morgan fingerprint density at radius 3 is 2.47 bits per heavy atom. The first-order chi connectivity index (χ1) is 6.91. The Hall–Kier alpha value is -0.0800. The van der Waals surface area contributed by atoms with E-state index < -0.39 is 0 Å². The van der Waals surface area contributed by atoms with Crippen molar-refractivity contribution in [1.82, 2.24) is 5.32 Å². The van der Waals surface area contributed by atoms with E-state index >= 15 is 0 Å². The SMILES string of the molecule is C[C@H](CO)N[C@H]1C[C@@H]2CC[C@]1(C)C2(C)C. The van der Waals surface area contributed by atoms with E-state index in [9.17, 15) is 0 Å². The molecule has 0 unspecified atom stereocenters. The number of aliphatic hydroxyl groups is 1. The van der Waals surface area contributed by atoms with Crippen molar-refractivity contribution >= 4 is 0 Å². The van der Waals surface area contributed by atoms with Gasteiger partial charge in [-0.05, 0) is 42.9 Å². The monoisotopic (exact) mass is 211 g/mol. The first-order valence-electron chi connectivity index (χ1n) is 6.28. The van der Waals surface area contributed by atoms with Crippen LogP contribution in [0.2, 0.25) is 0 Å². The molecule has 15 heavy (non-hydrogen) atoms. The van der Waals surface area contributed by atoms with Gasteiger partial charge in [-0.2, -0.15) is 0 Å². The zero-order valence-electron chi connectivity index (χ0n) is 10.5. The molecule has 0 aliphatic heterocycles. The van der Waals surface area contributed by atoms with Gasteiger partial charge in [0.15, 0.2) is 0 Å². The highest BCUT2D eigenvalue weighted by Crippen LogP contribution is 2.65. The lowest BCUT2D eigenvalue weighted by Crippen LogP contribution is -2.48. The van der Waals surface area contributed by atoms with Crippen LogP contribution in [0.25, 0.3) is 0 Å². The molecule has 2 rings (SSSR count). The van der Waals surface area contributed by atoms with E-state index in [0.29, 0.717) is 16.9 Å². The normalized spacial score (nSPS) is 44.6. The minimum atomic E-state index is 0.238. The number of aliphatic hydroxyl groups excluding tert-OH is 1. The number of fused-ring (bicyclic) bond motifs is 2. The fourth-order valence-electron chi connectivity index (χ4n) is 3.85. The molecule has 0 aromatic rings. The third kappa shape index (κ3) is 1.45. The maximum absolute atomic E-state index is 9.12. The minimum absolute atomic E-state index is 0.238. The van der Waals surface area contributed by atoms with Crippen molar-refractivity contribution in [1.29, 1.82) is 0 Å². The molecule has 2 heteroatoms. The van der Waals surface area contributed by atoms with Gasteiger partial charge in [-0.15, -0.1) is 0 Å². The summed E-state index contributed by atoms with van der Waals surface area (Å²) >= 11 is 0. The maximum atomic E-state index is 9.12. The zero-order valence-corrected chi connectivity index (χ0v) is 10.5. The van der Waals surface area contributed by atoms with E-state index in [2.05, 4.69) is 33.0 Å². The van der Waals surface area contributed by atoms with E-state index in [4.69, 9.17) is 5.11 Å². The predicted molar refractivity (Wildman–Crippen MR) is 62.7 cm³/mol. The molecular weight excluding hydrogens is 186 g/mol. The highest BCUT2D eigenvalue weighted by molar-refractivity contribution is 5.13. The molecule has 2 N–H and O–H groups in total. The molecule has 2 aliphatic carbocycles. The van der Waals surface area contributed by atoms with Gasteiger partial charge in [0, 0.05) is 12.1 Å². The van der Waals surface area contributed by atoms with Crippen LogP contribution in [0.15, 0.2) is 0 Å². The molecule has 4 atom stereocenters. The molecule has 0 amide bonds. The molecule has 2 saturated carbocycles. The highest BCUT2D eigenvalue weighted by atomic mass is 16.3. The first-order valence-corrected chi connectivity index (χ1v) is 6.28. The fraction of sp³-hybridized carbons (Fsp3) is 1.00. The summed E-state index contributed by atoms with van der Waals surface area (Å²) in [5.74, 6) is 0.880. The average molecular weight is 211 g/mol. The van der Waals surface area contributed by atoms with Crippen LogP contribution in [0.5, 0.6) is 0 Å². The highest BCUT2D eigenvalue weighted by Gasteiger charge is 2.61. The van der Waals surface area contributed by atoms with E-state index in [1.165, 1.54) is 19.3 Å². The van der Waals surface area contributed by atoms with Gasteiger partial charge >= 0.3 is 0 Å². The quantitative estimate of drug-likeness (QED) is 0.750. The second-order valence-electron chi connectivity index (χ2n) is 6.41. The zero-order chi connectivity index (χ0) is 11.3. The van der Waals surface area contributed by atoms with Gasteiger partial charge in [0.25, 0.3) is 0 Å². The molecule has 2 aliphatic rings. The Bertz CT molecular complexity index is 251. The van der Waals surface area contributed by atoms with Crippen molar-refractivity contribution in [3.05, 3.63) is 0 Å². The Kier molecular flexibility index (Phi) is 2.63. The number of rotatable bonds is 3. The molecule has 0 aromatic carbocycles. The van der Waals surface area contributed by atoms with Crippen LogP contribution in [0.3, 0.4) is 0 Å². The second kappa shape index (κ2) is 3.46. The van der Waals surface area contributed by atoms with Gasteiger partial charge in [-0.1, -0.05) is 20.8 Å². The Balaban J connectivity index is 2.12. The molecule has 0 heterocycles. The van der Waals surface area contributed by atoms with E-state index in [-0.39, 0.29) is 12.6 Å². The van der Waals surface area contributed by atoms with Crippen LogP contribution in [-0.4, -0.2) is 23.8 Å². The van der Waals surface area contributed by atoms with Crippen molar-refractivity contribution in [3.63, 3.8) is 0 Å². The van der Waals surface area contributed by atoms with Crippen molar-refractivity contribution < 1.29 is 5.11 Å². The third-order valence-electron chi connectivity index (χ3n) is 5.55.